The lowest BCUT2D eigenvalue weighted by Gasteiger charge is -2.35. The number of nitrogens with one attached hydrogen (secondary N) is 1. The minimum Gasteiger partial charge on any atom is -0.497 e. The molecule has 0 aliphatic carbocycles. The number of sulfonamides is 1. The van der Waals surface area contributed by atoms with Crippen molar-refractivity contribution in [3.05, 3.63) is 48.0 Å². The van der Waals surface area contributed by atoms with Gasteiger partial charge in [0.1, 0.15) is 10.6 Å². The number of benzene rings is 2. The zero-order valence-corrected chi connectivity index (χ0v) is 17.5. The second kappa shape index (κ2) is 8.71. The number of anilines is 2. The molecule has 0 aromatic heterocycles. The highest BCUT2D eigenvalue weighted by Crippen LogP contribution is 2.30. The number of likely N-dealkylation sites (N-methyl/N-ethyl adjacent to an activating group) is 1. The smallest absolute Gasteiger partial charge is 0.337 e. The van der Waals surface area contributed by atoms with Gasteiger partial charge in [0.2, 0.25) is 0 Å². The first-order chi connectivity index (χ1) is 13.8. The Kier molecular flexibility index (Phi) is 6.29. The molecule has 9 heteroatoms. The van der Waals surface area contributed by atoms with Crippen LogP contribution in [0.15, 0.2) is 47.4 Å². The Balaban J connectivity index is 1.99. The standard InChI is InChI=1S/C20H25N3O5S/c1-22-10-12-23(13-11-22)18-9-4-15(20(24)28-3)14-19(18)29(25,26)21-16-5-7-17(27-2)8-6-16/h4-9,14,21H,10-13H2,1-3H3. The molecule has 1 N–H and O–H groups in total. The molecule has 0 radical (unpaired) electrons. The van der Waals surface area contributed by atoms with E-state index >= 15 is 0 Å². The summed E-state index contributed by atoms with van der Waals surface area (Å²) in [6, 6.07) is 11.2. The molecule has 1 saturated heterocycles. The summed E-state index contributed by atoms with van der Waals surface area (Å²) in [5.74, 6) is 0.0367. The van der Waals surface area contributed by atoms with E-state index in [2.05, 4.69) is 9.62 Å². The number of hydrogen-bond acceptors (Lipinski definition) is 7. The van der Waals surface area contributed by atoms with E-state index in [1.54, 1.807) is 43.5 Å². The minimum absolute atomic E-state index is 0.0424. The van der Waals surface area contributed by atoms with Crippen molar-refractivity contribution in [2.24, 2.45) is 0 Å². The number of carbonyl (C=O) groups excluding carboxylic acids is 1. The predicted molar refractivity (Wildman–Crippen MR) is 111 cm³/mol. The fraction of sp³-hybridized carbons (Fsp3) is 0.350. The molecule has 3 rings (SSSR count). The van der Waals surface area contributed by atoms with Crippen LogP contribution in [0.3, 0.4) is 0 Å². The third kappa shape index (κ3) is 4.80. The van der Waals surface area contributed by atoms with Gasteiger partial charge in [0.05, 0.1) is 25.5 Å². The number of ether oxygens (including phenoxy) is 2. The molecule has 0 spiro atoms. The summed E-state index contributed by atoms with van der Waals surface area (Å²) in [5.41, 5.74) is 1.14. The molecule has 1 aliphatic heterocycles. The van der Waals surface area contributed by atoms with E-state index in [4.69, 9.17) is 9.47 Å². The van der Waals surface area contributed by atoms with Crippen LogP contribution >= 0.6 is 0 Å². The number of rotatable bonds is 6. The number of nitrogens with zero attached hydrogens (tertiary/aromatic N) is 2. The van der Waals surface area contributed by atoms with E-state index in [0.29, 0.717) is 30.2 Å². The van der Waals surface area contributed by atoms with Crippen molar-refractivity contribution in [3.63, 3.8) is 0 Å². The fourth-order valence-corrected chi connectivity index (χ4v) is 4.46. The first-order valence-corrected chi connectivity index (χ1v) is 10.6. The number of carbonyl (C=O) groups is 1. The summed E-state index contributed by atoms with van der Waals surface area (Å²) in [5, 5.41) is 0. The predicted octanol–water partition coefficient (Wildman–Crippen LogP) is 2.03. The van der Waals surface area contributed by atoms with Crippen LogP contribution in [0, 0.1) is 0 Å². The zero-order valence-electron chi connectivity index (χ0n) is 16.7. The van der Waals surface area contributed by atoms with Crippen LogP contribution in [-0.2, 0) is 14.8 Å². The first kappa shape index (κ1) is 20.9. The Morgan fingerprint density at radius 3 is 2.24 bits per heavy atom. The van der Waals surface area contributed by atoms with Gasteiger partial charge in [-0.2, -0.15) is 0 Å². The third-order valence-corrected chi connectivity index (χ3v) is 6.27. The molecular weight excluding hydrogens is 394 g/mol. The van der Waals surface area contributed by atoms with Gasteiger partial charge >= 0.3 is 5.97 Å². The second-order valence-electron chi connectivity index (χ2n) is 6.80. The molecule has 2 aromatic rings. The summed E-state index contributed by atoms with van der Waals surface area (Å²) in [6.45, 7) is 3.03. The van der Waals surface area contributed by atoms with Gasteiger partial charge in [-0.05, 0) is 49.5 Å². The van der Waals surface area contributed by atoms with E-state index in [-0.39, 0.29) is 10.5 Å². The van der Waals surface area contributed by atoms with Crippen molar-refractivity contribution in [3.8, 4) is 5.75 Å². The maximum absolute atomic E-state index is 13.2. The van der Waals surface area contributed by atoms with E-state index in [1.165, 1.54) is 13.2 Å². The van der Waals surface area contributed by atoms with Crippen LogP contribution in [-0.4, -0.2) is 66.7 Å². The maximum Gasteiger partial charge on any atom is 0.337 e. The summed E-state index contributed by atoms with van der Waals surface area (Å²) in [7, 11) is 0.890. The highest BCUT2D eigenvalue weighted by atomic mass is 32.2. The van der Waals surface area contributed by atoms with E-state index in [9.17, 15) is 13.2 Å². The van der Waals surface area contributed by atoms with Crippen LogP contribution in [0.2, 0.25) is 0 Å². The Labute approximate surface area is 171 Å². The van der Waals surface area contributed by atoms with Crippen LogP contribution < -0.4 is 14.4 Å². The van der Waals surface area contributed by atoms with Gasteiger partial charge < -0.3 is 19.3 Å². The molecule has 1 fully saturated rings. The molecule has 0 unspecified atom stereocenters. The molecule has 0 amide bonds. The molecule has 156 valence electrons. The lowest BCUT2D eigenvalue weighted by Crippen LogP contribution is -2.45. The average molecular weight is 420 g/mol. The summed E-state index contributed by atoms with van der Waals surface area (Å²) < 4.78 is 38.9. The number of methoxy groups -OCH3 is 2. The molecular formula is C20H25N3O5S. The van der Waals surface area contributed by atoms with Gasteiger partial charge in [-0.1, -0.05) is 0 Å². The zero-order chi connectivity index (χ0) is 21.0. The van der Waals surface area contributed by atoms with Gasteiger partial charge in [-0.15, -0.1) is 0 Å². The molecule has 1 aliphatic rings. The van der Waals surface area contributed by atoms with E-state index < -0.39 is 16.0 Å². The van der Waals surface area contributed by atoms with Gasteiger partial charge in [0.15, 0.2) is 0 Å². The molecule has 0 saturated carbocycles. The monoisotopic (exact) mass is 419 g/mol. The van der Waals surface area contributed by atoms with Crippen LogP contribution in [0.1, 0.15) is 10.4 Å². The Morgan fingerprint density at radius 1 is 1.00 bits per heavy atom. The molecule has 29 heavy (non-hydrogen) atoms. The Bertz CT molecular complexity index is 968. The number of esters is 1. The molecule has 2 aromatic carbocycles. The number of piperazine rings is 1. The van der Waals surface area contributed by atoms with E-state index in [0.717, 1.165) is 13.1 Å². The summed E-state index contributed by atoms with van der Waals surface area (Å²) in [4.78, 5) is 16.2. The fourth-order valence-electron chi connectivity index (χ4n) is 3.15. The lowest BCUT2D eigenvalue weighted by atomic mass is 10.2. The second-order valence-corrected chi connectivity index (χ2v) is 8.45. The van der Waals surface area contributed by atoms with Gasteiger partial charge in [0, 0.05) is 31.9 Å². The van der Waals surface area contributed by atoms with Crippen LogP contribution in [0.4, 0.5) is 11.4 Å². The lowest BCUT2D eigenvalue weighted by molar-refractivity contribution is 0.0600. The SMILES string of the molecule is COC(=O)c1ccc(N2CCN(C)CC2)c(S(=O)(=O)Nc2ccc(OC)cc2)c1. The quantitative estimate of drug-likeness (QED) is 0.717. The molecule has 0 bridgehead atoms. The van der Waals surface area contributed by atoms with Gasteiger partial charge in [-0.3, -0.25) is 4.72 Å². The van der Waals surface area contributed by atoms with Crippen molar-refractivity contribution in [1.82, 2.24) is 4.90 Å². The van der Waals surface area contributed by atoms with Gasteiger partial charge in [0.25, 0.3) is 10.0 Å². The molecule has 1 heterocycles. The largest absolute Gasteiger partial charge is 0.497 e. The van der Waals surface area contributed by atoms with Gasteiger partial charge in [-0.25, -0.2) is 13.2 Å². The van der Waals surface area contributed by atoms with Crippen molar-refractivity contribution < 1.29 is 22.7 Å². The summed E-state index contributed by atoms with van der Waals surface area (Å²) in [6.07, 6.45) is 0. The minimum atomic E-state index is -3.94. The normalized spacial score (nSPS) is 15.1. The Hall–Kier alpha value is -2.78. The van der Waals surface area contributed by atoms with Crippen LogP contribution in [0.5, 0.6) is 5.75 Å². The van der Waals surface area contributed by atoms with Crippen LogP contribution in [0.25, 0.3) is 0 Å². The maximum atomic E-state index is 13.2. The average Bonchev–Trinajstić information content (AvgIpc) is 2.73. The highest BCUT2D eigenvalue weighted by molar-refractivity contribution is 7.92. The molecule has 0 atom stereocenters. The van der Waals surface area contributed by atoms with Crippen molar-refractivity contribution in [2.75, 3.05) is 57.1 Å². The van der Waals surface area contributed by atoms with E-state index in [1.807, 2.05) is 11.9 Å². The first-order valence-electron chi connectivity index (χ1n) is 9.17. The van der Waals surface area contributed by atoms with Crippen molar-refractivity contribution in [2.45, 2.75) is 4.90 Å². The van der Waals surface area contributed by atoms with Crippen molar-refractivity contribution in [1.29, 1.82) is 0 Å². The van der Waals surface area contributed by atoms with Crippen molar-refractivity contribution >= 4 is 27.4 Å². The Morgan fingerprint density at radius 2 is 1.66 bits per heavy atom. The highest BCUT2D eigenvalue weighted by Gasteiger charge is 2.26. The summed E-state index contributed by atoms with van der Waals surface area (Å²) >= 11 is 0. The third-order valence-electron chi connectivity index (χ3n) is 4.86. The topological polar surface area (TPSA) is 88.2 Å². The molecule has 8 nitrogen and oxygen atoms in total. The number of hydrogen-bond donors (Lipinski definition) is 1.